The van der Waals surface area contributed by atoms with E-state index in [1.807, 2.05) is 36.4 Å². The number of pyridine rings is 1. The van der Waals surface area contributed by atoms with Crippen LogP contribution in [0.15, 0.2) is 42.5 Å². The van der Waals surface area contributed by atoms with Crippen molar-refractivity contribution in [3.8, 4) is 0 Å². The first kappa shape index (κ1) is 14.0. The first-order valence-corrected chi connectivity index (χ1v) is 7.45. The van der Waals surface area contributed by atoms with Gasteiger partial charge < -0.3 is 5.11 Å². The molecule has 0 bridgehead atoms. The van der Waals surface area contributed by atoms with Gasteiger partial charge in [-0.25, -0.2) is 0 Å². The van der Waals surface area contributed by atoms with Gasteiger partial charge in [0, 0.05) is 11.3 Å². The fourth-order valence-corrected chi connectivity index (χ4v) is 2.97. The fourth-order valence-electron chi connectivity index (χ4n) is 2.97. The third kappa shape index (κ3) is 3.22. The van der Waals surface area contributed by atoms with E-state index in [0.29, 0.717) is 0 Å². The lowest BCUT2D eigenvalue weighted by Crippen LogP contribution is -2.26. The fraction of sp³-hybridized carbons (Fsp3) is 0.316. The van der Waals surface area contributed by atoms with Crippen LogP contribution in [0.4, 0.5) is 0 Å². The highest BCUT2D eigenvalue weighted by molar-refractivity contribution is 5.68. The second kappa shape index (κ2) is 5.45. The van der Waals surface area contributed by atoms with Crippen LogP contribution in [0.25, 0.3) is 12.2 Å². The van der Waals surface area contributed by atoms with Crippen molar-refractivity contribution >= 4 is 12.2 Å². The Labute approximate surface area is 126 Å². The normalized spacial score (nSPS) is 20.4. The van der Waals surface area contributed by atoms with Crippen molar-refractivity contribution in [2.45, 2.75) is 32.8 Å². The molecule has 1 aliphatic rings. The van der Waals surface area contributed by atoms with Crippen LogP contribution in [-0.2, 0) is 6.42 Å². The number of nitrogens with zero attached hydrogens (tertiary/aromatic N) is 1. The summed E-state index contributed by atoms with van der Waals surface area (Å²) in [4.78, 5) is 4.73. The van der Waals surface area contributed by atoms with Crippen molar-refractivity contribution < 1.29 is 5.11 Å². The minimum Gasteiger partial charge on any atom is -0.388 e. The van der Waals surface area contributed by atoms with Gasteiger partial charge >= 0.3 is 0 Å². The third-order valence-corrected chi connectivity index (χ3v) is 4.03. The Hall–Kier alpha value is -1.93. The highest BCUT2D eigenvalue weighted by Gasteiger charge is 2.31. The van der Waals surface area contributed by atoms with Gasteiger partial charge in [0.25, 0.3) is 0 Å². The smallest absolute Gasteiger partial charge is 0.0812 e. The SMILES string of the molecule is CC1(C)Cc2nc(C=Cc3ccccc3)ccc2C(O)C1. The number of aliphatic hydroxyl groups excluding tert-OH is 1. The maximum absolute atomic E-state index is 10.2. The molecule has 2 heteroatoms. The summed E-state index contributed by atoms with van der Waals surface area (Å²) < 4.78 is 0. The molecule has 1 N–H and O–H groups in total. The van der Waals surface area contributed by atoms with Crippen molar-refractivity contribution in [1.82, 2.24) is 4.98 Å². The maximum Gasteiger partial charge on any atom is 0.0812 e. The summed E-state index contributed by atoms with van der Waals surface area (Å²) in [5.74, 6) is 0. The van der Waals surface area contributed by atoms with E-state index in [9.17, 15) is 5.11 Å². The molecule has 0 spiro atoms. The highest BCUT2D eigenvalue weighted by atomic mass is 16.3. The zero-order valence-electron chi connectivity index (χ0n) is 12.6. The predicted molar refractivity (Wildman–Crippen MR) is 86.7 cm³/mol. The van der Waals surface area contributed by atoms with Gasteiger partial charge in [-0.3, -0.25) is 4.98 Å². The highest BCUT2D eigenvalue weighted by Crippen LogP contribution is 2.39. The van der Waals surface area contributed by atoms with E-state index < -0.39 is 0 Å². The number of hydrogen-bond acceptors (Lipinski definition) is 2. The molecule has 1 heterocycles. The standard InChI is InChI=1S/C19H21NO/c1-19(2)12-17-16(18(21)13-19)11-10-15(20-17)9-8-14-6-4-3-5-7-14/h3-11,18,21H,12-13H2,1-2H3. The van der Waals surface area contributed by atoms with Gasteiger partial charge in [-0.05, 0) is 36.0 Å². The zero-order valence-corrected chi connectivity index (χ0v) is 12.6. The Morgan fingerprint density at radius 2 is 1.86 bits per heavy atom. The van der Waals surface area contributed by atoms with Crippen molar-refractivity contribution in [3.63, 3.8) is 0 Å². The summed E-state index contributed by atoms with van der Waals surface area (Å²) in [6.07, 6.45) is 5.44. The van der Waals surface area contributed by atoms with Crippen LogP contribution < -0.4 is 0 Å². The van der Waals surface area contributed by atoms with E-state index in [1.54, 1.807) is 0 Å². The quantitative estimate of drug-likeness (QED) is 0.891. The second-order valence-corrected chi connectivity index (χ2v) is 6.58. The summed E-state index contributed by atoms with van der Waals surface area (Å²) in [5, 5.41) is 10.2. The van der Waals surface area contributed by atoms with Gasteiger partial charge in [0.1, 0.15) is 0 Å². The summed E-state index contributed by atoms with van der Waals surface area (Å²) in [6, 6.07) is 14.2. The van der Waals surface area contributed by atoms with Crippen molar-refractivity contribution in [2.75, 3.05) is 0 Å². The lowest BCUT2D eigenvalue weighted by molar-refractivity contribution is 0.0982. The topological polar surface area (TPSA) is 33.1 Å². The summed E-state index contributed by atoms with van der Waals surface area (Å²) >= 11 is 0. The molecule has 1 atom stereocenters. The molecule has 3 rings (SSSR count). The molecule has 0 saturated carbocycles. The van der Waals surface area contributed by atoms with E-state index in [1.165, 1.54) is 0 Å². The number of rotatable bonds is 2. The van der Waals surface area contributed by atoms with Crippen LogP contribution in [0.5, 0.6) is 0 Å². The van der Waals surface area contributed by atoms with Gasteiger partial charge in [-0.15, -0.1) is 0 Å². The Morgan fingerprint density at radius 3 is 2.62 bits per heavy atom. The average Bonchev–Trinajstić information content (AvgIpc) is 2.44. The summed E-state index contributed by atoms with van der Waals surface area (Å²) in [7, 11) is 0. The molecule has 2 nitrogen and oxygen atoms in total. The van der Waals surface area contributed by atoms with Crippen LogP contribution in [0.3, 0.4) is 0 Å². The molecular weight excluding hydrogens is 258 g/mol. The Kier molecular flexibility index (Phi) is 3.64. The number of hydrogen-bond donors (Lipinski definition) is 1. The Balaban J connectivity index is 1.88. The van der Waals surface area contributed by atoms with Gasteiger partial charge in [0.15, 0.2) is 0 Å². The van der Waals surface area contributed by atoms with E-state index >= 15 is 0 Å². The molecule has 0 fully saturated rings. The minimum absolute atomic E-state index is 0.112. The molecule has 108 valence electrons. The molecule has 1 aliphatic carbocycles. The first-order valence-electron chi connectivity index (χ1n) is 7.45. The first-order chi connectivity index (χ1) is 10.0. The summed E-state index contributed by atoms with van der Waals surface area (Å²) in [6.45, 7) is 4.38. The second-order valence-electron chi connectivity index (χ2n) is 6.58. The summed E-state index contributed by atoms with van der Waals surface area (Å²) in [5.41, 5.74) is 4.25. The number of fused-ring (bicyclic) bond motifs is 1. The lowest BCUT2D eigenvalue weighted by Gasteiger charge is -2.33. The van der Waals surface area contributed by atoms with E-state index in [4.69, 9.17) is 4.98 Å². The average molecular weight is 279 g/mol. The van der Waals surface area contributed by atoms with E-state index in [-0.39, 0.29) is 11.5 Å². The molecule has 21 heavy (non-hydrogen) atoms. The molecule has 2 aromatic rings. The Morgan fingerprint density at radius 1 is 1.10 bits per heavy atom. The van der Waals surface area contributed by atoms with Gasteiger partial charge in [-0.2, -0.15) is 0 Å². The maximum atomic E-state index is 10.2. The number of aliphatic hydroxyl groups is 1. The Bertz CT molecular complexity index is 659. The molecule has 1 aromatic heterocycles. The van der Waals surface area contributed by atoms with Crippen molar-refractivity contribution in [1.29, 1.82) is 0 Å². The van der Waals surface area contributed by atoms with Crippen molar-refractivity contribution in [2.24, 2.45) is 5.41 Å². The van der Waals surface area contributed by atoms with Crippen LogP contribution in [0.1, 0.15) is 48.9 Å². The van der Waals surface area contributed by atoms with Crippen LogP contribution in [0.2, 0.25) is 0 Å². The number of aromatic nitrogens is 1. The van der Waals surface area contributed by atoms with Gasteiger partial charge in [-0.1, -0.05) is 56.3 Å². The van der Waals surface area contributed by atoms with Crippen LogP contribution in [-0.4, -0.2) is 10.1 Å². The van der Waals surface area contributed by atoms with Gasteiger partial charge in [0.2, 0.25) is 0 Å². The predicted octanol–water partition coefficient (Wildman–Crippen LogP) is 4.26. The largest absolute Gasteiger partial charge is 0.388 e. The molecule has 1 unspecified atom stereocenters. The number of benzene rings is 1. The molecular formula is C19H21NO. The van der Waals surface area contributed by atoms with Crippen molar-refractivity contribution in [3.05, 3.63) is 65.0 Å². The molecule has 0 aliphatic heterocycles. The molecule has 0 amide bonds. The van der Waals surface area contributed by atoms with Gasteiger partial charge in [0.05, 0.1) is 11.8 Å². The monoisotopic (exact) mass is 279 g/mol. The molecule has 0 radical (unpaired) electrons. The minimum atomic E-state index is -0.386. The van der Waals surface area contributed by atoms with Crippen LogP contribution >= 0.6 is 0 Å². The zero-order chi connectivity index (χ0) is 14.9. The van der Waals surface area contributed by atoms with E-state index in [0.717, 1.165) is 35.4 Å². The van der Waals surface area contributed by atoms with Crippen LogP contribution in [0, 0.1) is 5.41 Å². The third-order valence-electron chi connectivity index (χ3n) is 4.03. The molecule has 1 aromatic carbocycles. The lowest BCUT2D eigenvalue weighted by atomic mass is 9.75. The molecule has 0 saturated heterocycles. The van der Waals surface area contributed by atoms with E-state index in [2.05, 4.69) is 32.1 Å².